The number of nitrogens with one attached hydrogen (secondary N) is 1. The molecular formula is C24H27NO4. The van der Waals surface area contributed by atoms with Crippen LogP contribution in [0.2, 0.25) is 0 Å². The second kappa shape index (κ2) is 8.21. The van der Waals surface area contributed by atoms with E-state index in [0.717, 1.165) is 11.3 Å². The Morgan fingerprint density at radius 3 is 2.21 bits per heavy atom. The van der Waals surface area contributed by atoms with Crippen molar-refractivity contribution in [2.45, 2.75) is 38.7 Å². The smallest absolute Gasteiger partial charge is 0.158 e. The lowest BCUT2D eigenvalue weighted by molar-refractivity contribution is -0.131. The number of carbonyl (C=O) groups excluding carboxylic acids is 2. The van der Waals surface area contributed by atoms with Gasteiger partial charge in [-0.25, -0.2) is 0 Å². The van der Waals surface area contributed by atoms with Crippen molar-refractivity contribution in [2.24, 2.45) is 5.92 Å². The van der Waals surface area contributed by atoms with Crippen molar-refractivity contribution in [3.05, 3.63) is 71.4 Å². The summed E-state index contributed by atoms with van der Waals surface area (Å²) in [5.41, 5.74) is 1.50. The van der Waals surface area contributed by atoms with E-state index in [9.17, 15) is 14.7 Å². The molecule has 0 bridgehead atoms. The predicted molar refractivity (Wildman–Crippen MR) is 113 cm³/mol. The molecule has 1 aliphatic carbocycles. The zero-order valence-corrected chi connectivity index (χ0v) is 17.2. The highest BCUT2D eigenvalue weighted by molar-refractivity contribution is 5.98. The maximum atomic E-state index is 12.8. The standard InChI is InChI=1S/C24H27NO4/c1-15(26)21-20(25-18-8-6-5-7-9-18)14-24(3,28)23(16(2)27)22(21)17-10-12-19(29-4)13-11-17/h5-13,22-23,25,28H,14H2,1-4H3/t22-,23-,24+/m0/s1. The quantitative estimate of drug-likeness (QED) is 0.773. The third kappa shape index (κ3) is 4.25. The van der Waals surface area contributed by atoms with Crippen LogP contribution in [0, 0.1) is 5.92 Å². The highest BCUT2D eigenvalue weighted by Crippen LogP contribution is 2.47. The number of benzene rings is 2. The van der Waals surface area contributed by atoms with E-state index in [1.165, 1.54) is 13.8 Å². The molecule has 0 unspecified atom stereocenters. The third-order valence-corrected chi connectivity index (χ3v) is 5.54. The SMILES string of the molecule is COc1ccc([C@H]2C(C(C)=O)=C(Nc3ccccc3)C[C@@](C)(O)[C@H]2C(C)=O)cc1. The maximum absolute atomic E-state index is 12.8. The number of Topliss-reactive ketones (excluding diaryl/α,β-unsaturated/α-hetero) is 2. The number of ether oxygens (including phenoxy) is 1. The Bertz CT molecular complexity index is 929. The molecule has 1 aliphatic rings. The minimum absolute atomic E-state index is 0.119. The summed E-state index contributed by atoms with van der Waals surface area (Å²) in [5, 5.41) is 14.6. The normalized spacial score (nSPS) is 24.2. The fraction of sp³-hybridized carbons (Fsp3) is 0.333. The Hall–Kier alpha value is -2.92. The Kier molecular flexibility index (Phi) is 5.89. The molecule has 5 heteroatoms. The first-order valence-electron chi connectivity index (χ1n) is 9.67. The largest absolute Gasteiger partial charge is 0.497 e. The predicted octanol–water partition coefficient (Wildman–Crippen LogP) is 4.09. The van der Waals surface area contributed by atoms with Gasteiger partial charge in [0, 0.05) is 29.3 Å². The molecule has 0 radical (unpaired) electrons. The van der Waals surface area contributed by atoms with Crippen molar-refractivity contribution in [1.82, 2.24) is 0 Å². The average Bonchev–Trinajstić information content (AvgIpc) is 2.67. The summed E-state index contributed by atoms with van der Waals surface area (Å²) in [4.78, 5) is 25.4. The van der Waals surface area contributed by atoms with Gasteiger partial charge in [-0.15, -0.1) is 0 Å². The van der Waals surface area contributed by atoms with Gasteiger partial charge in [0.15, 0.2) is 5.78 Å². The molecule has 0 aromatic heterocycles. The minimum atomic E-state index is -1.30. The van der Waals surface area contributed by atoms with Crippen molar-refractivity contribution in [3.63, 3.8) is 0 Å². The third-order valence-electron chi connectivity index (χ3n) is 5.54. The summed E-state index contributed by atoms with van der Waals surface area (Å²) in [6, 6.07) is 16.8. The van der Waals surface area contributed by atoms with Crippen LogP contribution in [0.3, 0.4) is 0 Å². The topological polar surface area (TPSA) is 75.6 Å². The number of para-hydroxylation sites is 1. The Morgan fingerprint density at radius 2 is 1.69 bits per heavy atom. The number of anilines is 1. The van der Waals surface area contributed by atoms with Crippen LogP contribution in [-0.2, 0) is 9.59 Å². The van der Waals surface area contributed by atoms with Crippen LogP contribution in [0.1, 0.15) is 38.7 Å². The van der Waals surface area contributed by atoms with E-state index >= 15 is 0 Å². The fourth-order valence-electron chi connectivity index (χ4n) is 4.36. The van der Waals surface area contributed by atoms with Crippen molar-refractivity contribution in [2.75, 3.05) is 12.4 Å². The summed E-state index contributed by atoms with van der Waals surface area (Å²) in [6.45, 7) is 4.65. The monoisotopic (exact) mass is 393 g/mol. The van der Waals surface area contributed by atoms with Gasteiger partial charge in [0.2, 0.25) is 0 Å². The molecule has 3 rings (SSSR count). The molecule has 152 valence electrons. The van der Waals surface area contributed by atoms with Crippen LogP contribution in [0.4, 0.5) is 5.69 Å². The molecule has 0 saturated carbocycles. The molecule has 0 saturated heterocycles. The molecule has 2 aromatic carbocycles. The molecule has 0 amide bonds. The van der Waals surface area contributed by atoms with Gasteiger partial charge < -0.3 is 15.2 Å². The number of hydrogen-bond acceptors (Lipinski definition) is 5. The molecule has 3 atom stereocenters. The van der Waals surface area contributed by atoms with Gasteiger partial charge in [0.1, 0.15) is 11.5 Å². The second-order valence-corrected chi connectivity index (χ2v) is 7.81. The van der Waals surface area contributed by atoms with Gasteiger partial charge in [0.25, 0.3) is 0 Å². The lowest BCUT2D eigenvalue weighted by Crippen LogP contribution is -2.48. The summed E-state index contributed by atoms with van der Waals surface area (Å²) < 4.78 is 5.24. The number of aliphatic hydroxyl groups is 1. The van der Waals surface area contributed by atoms with E-state index in [1.54, 1.807) is 26.2 Å². The zero-order valence-electron chi connectivity index (χ0n) is 17.2. The van der Waals surface area contributed by atoms with Crippen LogP contribution in [0.25, 0.3) is 0 Å². The van der Waals surface area contributed by atoms with E-state index in [0.29, 0.717) is 17.0 Å². The second-order valence-electron chi connectivity index (χ2n) is 7.81. The molecule has 5 nitrogen and oxygen atoms in total. The summed E-state index contributed by atoms with van der Waals surface area (Å²) >= 11 is 0. The van der Waals surface area contributed by atoms with Gasteiger partial charge in [-0.1, -0.05) is 30.3 Å². The summed E-state index contributed by atoms with van der Waals surface area (Å²) in [7, 11) is 1.58. The van der Waals surface area contributed by atoms with Crippen molar-refractivity contribution >= 4 is 17.3 Å². The van der Waals surface area contributed by atoms with Crippen molar-refractivity contribution in [1.29, 1.82) is 0 Å². The molecule has 2 aromatic rings. The lowest BCUT2D eigenvalue weighted by Gasteiger charge is -2.43. The maximum Gasteiger partial charge on any atom is 0.158 e. The summed E-state index contributed by atoms with van der Waals surface area (Å²) in [5.74, 6) is -0.854. The minimum Gasteiger partial charge on any atom is -0.497 e. The van der Waals surface area contributed by atoms with Gasteiger partial charge in [-0.2, -0.15) is 0 Å². The highest BCUT2D eigenvalue weighted by atomic mass is 16.5. The van der Waals surface area contributed by atoms with Gasteiger partial charge in [0.05, 0.1) is 18.6 Å². The van der Waals surface area contributed by atoms with Crippen molar-refractivity contribution < 1.29 is 19.4 Å². The van der Waals surface area contributed by atoms with Crippen LogP contribution in [-0.4, -0.2) is 29.4 Å². The number of carbonyl (C=O) groups is 2. The molecule has 0 fully saturated rings. The van der Waals surface area contributed by atoms with Crippen LogP contribution in [0.5, 0.6) is 5.75 Å². The first kappa shape index (κ1) is 20.8. The van der Waals surface area contributed by atoms with Crippen LogP contribution < -0.4 is 10.1 Å². The number of hydrogen-bond donors (Lipinski definition) is 2. The van der Waals surface area contributed by atoms with E-state index in [4.69, 9.17) is 4.74 Å². The molecule has 29 heavy (non-hydrogen) atoms. The number of rotatable bonds is 6. The molecule has 2 N–H and O–H groups in total. The van der Waals surface area contributed by atoms with E-state index in [-0.39, 0.29) is 18.0 Å². The van der Waals surface area contributed by atoms with Crippen LogP contribution in [0.15, 0.2) is 65.9 Å². The first-order valence-corrected chi connectivity index (χ1v) is 9.67. The molecular weight excluding hydrogens is 366 g/mol. The number of ketones is 2. The van der Waals surface area contributed by atoms with E-state index < -0.39 is 17.4 Å². The number of methoxy groups -OCH3 is 1. The highest BCUT2D eigenvalue weighted by Gasteiger charge is 2.49. The van der Waals surface area contributed by atoms with Crippen LogP contribution >= 0.6 is 0 Å². The lowest BCUT2D eigenvalue weighted by atomic mass is 9.64. The molecule has 0 spiro atoms. The van der Waals surface area contributed by atoms with E-state index in [2.05, 4.69) is 5.32 Å². The molecule has 0 aliphatic heterocycles. The van der Waals surface area contributed by atoms with E-state index in [1.807, 2.05) is 42.5 Å². The van der Waals surface area contributed by atoms with Gasteiger partial charge in [-0.3, -0.25) is 9.59 Å². The molecule has 0 heterocycles. The Labute approximate surface area is 171 Å². The summed E-state index contributed by atoms with van der Waals surface area (Å²) in [6.07, 6.45) is 0.188. The Morgan fingerprint density at radius 1 is 1.07 bits per heavy atom. The zero-order chi connectivity index (χ0) is 21.2. The first-order chi connectivity index (χ1) is 13.7. The Balaban J connectivity index is 2.19. The van der Waals surface area contributed by atoms with Gasteiger partial charge >= 0.3 is 0 Å². The van der Waals surface area contributed by atoms with Crippen molar-refractivity contribution in [3.8, 4) is 5.75 Å². The van der Waals surface area contributed by atoms with Gasteiger partial charge in [-0.05, 0) is 50.6 Å². The fourth-order valence-corrected chi connectivity index (χ4v) is 4.36. The average molecular weight is 393 g/mol. The number of allylic oxidation sites excluding steroid dienone is 1.